The van der Waals surface area contributed by atoms with Gasteiger partial charge in [-0.15, -0.1) is 0 Å². The molecule has 1 atom stereocenters. The highest BCUT2D eigenvalue weighted by Gasteiger charge is 2.26. The zero-order valence-electron chi connectivity index (χ0n) is 12.3. The zero-order valence-corrected chi connectivity index (χ0v) is 13.1. The number of nitrogens with zero attached hydrogens (tertiary/aromatic N) is 5. The van der Waals surface area contributed by atoms with E-state index in [1.165, 1.54) is 10.9 Å². The van der Waals surface area contributed by atoms with Gasteiger partial charge in [-0.3, -0.25) is 9.40 Å². The highest BCUT2D eigenvalue weighted by Crippen LogP contribution is 2.26. The minimum atomic E-state index is -3.85. The monoisotopic (exact) mass is 320 g/mol. The second-order valence-corrected chi connectivity index (χ2v) is 7.02. The van der Waals surface area contributed by atoms with E-state index in [1.807, 2.05) is 17.6 Å². The number of hydrogen-bond donors (Lipinski definition) is 1. The molecule has 1 unspecified atom stereocenters. The molecule has 0 fully saturated rings. The summed E-state index contributed by atoms with van der Waals surface area (Å²) in [6.07, 6.45) is 5.67. The van der Waals surface area contributed by atoms with E-state index < -0.39 is 10.0 Å². The van der Waals surface area contributed by atoms with E-state index in [2.05, 4.69) is 14.8 Å². The number of sulfonamides is 1. The van der Waals surface area contributed by atoms with Crippen LogP contribution in [0.1, 0.15) is 37.2 Å². The van der Waals surface area contributed by atoms with Crippen molar-refractivity contribution in [3.63, 3.8) is 0 Å². The summed E-state index contributed by atoms with van der Waals surface area (Å²) in [5, 5.41) is 12.9. The molecule has 0 aliphatic carbocycles. The highest BCUT2D eigenvalue weighted by molar-refractivity contribution is 7.92. The smallest absolute Gasteiger partial charge is 0.282 e. The molecular formula is C13H16N6O2S. The largest absolute Gasteiger partial charge is 0.331 e. The van der Waals surface area contributed by atoms with Gasteiger partial charge in [0.2, 0.25) is 0 Å². The molecule has 2 aromatic rings. The number of aromatic nitrogens is 4. The topological polar surface area (TPSA) is 106 Å². The Balaban J connectivity index is 1.97. The van der Waals surface area contributed by atoms with Crippen molar-refractivity contribution in [3.05, 3.63) is 23.8 Å². The van der Waals surface area contributed by atoms with E-state index in [0.29, 0.717) is 0 Å². The Labute approximate surface area is 128 Å². The maximum Gasteiger partial charge on any atom is 0.282 e. The number of rotatable bonds is 3. The van der Waals surface area contributed by atoms with Crippen LogP contribution < -0.4 is 4.72 Å². The van der Waals surface area contributed by atoms with Crippen molar-refractivity contribution in [3.8, 4) is 6.07 Å². The van der Waals surface area contributed by atoms with Crippen molar-refractivity contribution in [1.29, 1.82) is 5.26 Å². The molecule has 0 bridgehead atoms. The van der Waals surface area contributed by atoms with E-state index in [-0.39, 0.29) is 22.4 Å². The number of imidazole rings is 1. The molecule has 0 aromatic carbocycles. The second-order valence-electron chi connectivity index (χ2n) is 5.39. The van der Waals surface area contributed by atoms with E-state index in [1.54, 1.807) is 13.2 Å². The van der Waals surface area contributed by atoms with Gasteiger partial charge in [-0.05, 0) is 19.8 Å². The standard InChI is InChI=1S/C13H16N6O2S/c1-9-4-3-5-11-16-12(8-19(9)11)22(20,21)17-13-10(6-14)7-15-18(13)2/h7-9,17H,3-5H2,1-2H3. The molecule has 1 aliphatic heterocycles. The van der Waals surface area contributed by atoms with Gasteiger partial charge in [0.05, 0.1) is 6.20 Å². The average molecular weight is 320 g/mol. The molecule has 8 nitrogen and oxygen atoms in total. The lowest BCUT2D eigenvalue weighted by Crippen LogP contribution is -2.16. The van der Waals surface area contributed by atoms with Gasteiger partial charge in [-0.25, -0.2) is 4.98 Å². The van der Waals surface area contributed by atoms with Crippen LogP contribution in [-0.4, -0.2) is 27.7 Å². The van der Waals surface area contributed by atoms with Crippen LogP contribution in [0, 0.1) is 11.3 Å². The minimum Gasteiger partial charge on any atom is -0.331 e. The van der Waals surface area contributed by atoms with Gasteiger partial charge < -0.3 is 4.57 Å². The molecule has 9 heteroatoms. The van der Waals surface area contributed by atoms with Gasteiger partial charge in [-0.2, -0.15) is 18.8 Å². The van der Waals surface area contributed by atoms with Crippen LogP contribution in [0.15, 0.2) is 17.4 Å². The van der Waals surface area contributed by atoms with Crippen molar-refractivity contribution in [2.45, 2.75) is 37.3 Å². The summed E-state index contributed by atoms with van der Waals surface area (Å²) in [4.78, 5) is 4.24. The summed E-state index contributed by atoms with van der Waals surface area (Å²) in [6.45, 7) is 2.04. The second kappa shape index (κ2) is 5.14. The van der Waals surface area contributed by atoms with Crippen molar-refractivity contribution in [2.75, 3.05) is 4.72 Å². The summed E-state index contributed by atoms with van der Waals surface area (Å²) in [5.41, 5.74) is 0.170. The Hall–Kier alpha value is -2.34. The summed E-state index contributed by atoms with van der Waals surface area (Å²) in [7, 11) is -2.28. The lowest BCUT2D eigenvalue weighted by atomic mass is 10.1. The van der Waals surface area contributed by atoms with Crippen LogP contribution in [0.25, 0.3) is 0 Å². The molecule has 116 valence electrons. The predicted molar refractivity (Wildman–Crippen MR) is 78.6 cm³/mol. The van der Waals surface area contributed by atoms with E-state index >= 15 is 0 Å². The number of fused-ring (bicyclic) bond motifs is 1. The Bertz CT molecular complexity index is 858. The molecule has 0 saturated carbocycles. The highest BCUT2D eigenvalue weighted by atomic mass is 32.2. The van der Waals surface area contributed by atoms with Crippen LogP contribution in [0.3, 0.4) is 0 Å². The molecule has 0 amide bonds. The summed E-state index contributed by atoms with van der Waals surface area (Å²) in [6, 6.07) is 2.15. The Morgan fingerprint density at radius 1 is 1.50 bits per heavy atom. The van der Waals surface area contributed by atoms with Gasteiger partial charge in [0.1, 0.15) is 17.5 Å². The van der Waals surface area contributed by atoms with E-state index in [4.69, 9.17) is 5.26 Å². The van der Waals surface area contributed by atoms with Crippen molar-refractivity contribution >= 4 is 15.8 Å². The van der Waals surface area contributed by atoms with Crippen molar-refractivity contribution < 1.29 is 8.42 Å². The predicted octanol–water partition coefficient (Wildman–Crippen LogP) is 1.19. The fourth-order valence-electron chi connectivity index (χ4n) is 2.62. The fraction of sp³-hybridized carbons (Fsp3) is 0.462. The van der Waals surface area contributed by atoms with Crippen molar-refractivity contribution in [1.82, 2.24) is 19.3 Å². The summed E-state index contributed by atoms with van der Waals surface area (Å²) >= 11 is 0. The van der Waals surface area contributed by atoms with Gasteiger partial charge in [0, 0.05) is 25.7 Å². The number of nitriles is 1. The third kappa shape index (κ3) is 2.35. The van der Waals surface area contributed by atoms with E-state index in [0.717, 1.165) is 25.1 Å². The Kier molecular flexibility index (Phi) is 3.41. The molecule has 1 N–H and O–H groups in total. The molecule has 0 radical (unpaired) electrons. The first-order valence-electron chi connectivity index (χ1n) is 6.95. The molecule has 22 heavy (non-hydrogen) atoms. The van der Waals surface area contributed by atoms with Gasteiger partial charge in [0.15, 0.2) is 10.8 Å². The Morgan fingerprint density at radius 2 is 2.27 bits per heavy atom. The van der Waals surface area contributed by atoms with Crippen LogP contribution >= 0.6 is 0 Å². The molecular weight excluding hydrogens is 304 g/mol. The van der Waals surface area contributed by atoms with Crippen LogP contribution in [0.5, 0.6) is 0 Å². The molecule has 0 spiro atoms. The quantitative estimate of drug-likeness (QED) is 0.914. The number of nitrogens with one attached hydrogen (secondary N) is 1. The minimum absolute atomic E-state index is 0.0265. The molecule has 3 rings (SSSR count). The molecule has 1 aliphatic rings. The van der Waals surface area contributed by atoms with Crippen LogP contribution in [-0.2, 0) is 23.5 Å². The zero-order chi connectivity index (χ0) is 15.9. The fourth-order valence-corrected chi connectivity index (χ4v) is 3.70. The first-order chi connectivity index (χ1) is 10.4. The first kappa shape index (κ1) is 14.6. The van der Waals surface area contributed by atoms with Gasteiger partial charge >= 0.3 is 0 Å². The van der Waals surface area contributed by atoms with Gasteiger partial charge in [0.25, 0.3) is 10.0 Å². The van der Waals surface area contributed by atoms with Crippen LogP contribution in [0.2, 0.25) is 0 Å². The molecule has 0 saturated heterocycles. The third-order valence-electron chi connectivity index (χ3n) is 3.85. The first-order valence-corrected chi connectivity index (χ1v) is 8.43. The summed E-state index contributed by atoms with van der Waals surface area (Å²) in [5.74, 6) is 0.922. The maximum atomic E-state index is 12.5. The lowest BCUT2D eigenvalue weighted by Gasteiger charge is -2.20. The summed E-state index contributed by atoms with van der Waals surface area (Å²) < 4.78 is 30.6. The van der Waals surface area contributed by atoms with E-state index in [9.17, 15) is 8.42 Å². The number of hydrogen-bond acceptors (Lipinski definition) is 5. The van der Waals surface area contributed by atoms with Crippen LogP contribution in [0.4, 0.5) is 5.82 Å². The lowest BCUT2D eigenvalue weighted by molar-refractivity contribution is 0.425. The third-order valence-corrected chi connectivity index (χ3v) is 5.06. The average Bonchev–Trinajstić information content (AvgIpc) is 3.05. The number of anilines is 1. The SMILES string of the molecule is CC1CCCc2nc(S(=O)(=O)Nc3c(C#N)cnn3C)cn21. The molecule has 3 heterocycles. The molecule has 2 aromatic heterocycles. The Morgan fingerprint density at radius 3 is 2.95 bits per heavy atom. The maximum absolute atomic E-state index is 12.5. The van der Waals surface area contributed by atoms with Crippen molar-refractivity contribution in [2.24, 2.45) is 7.05 Å². The number of aryl methyl sites for hydroxylation is 2. The van der Waals surface area contributed by atoms with Gasteiger partial charge in [-0.1, -0.05) is 0 Å². The normalized spacial score (nSPS) is 17.8.